The van der Waals surface area contributed by atoms with E-state index in [4.69, 9.17) is 0 Å². The highest BCUT2D eigenvalue weighted by Crippen LogP contribution is 2.08. The highest BCUT2D eigenvalue weighted by Gasteiger charge is 2.09. The Labute approximate surface area is 75.2 Å². The van der Waals surface area contributed by atoms with Crippen molar-refractivity contribution in [1.29, 1.82) is 0 Å². The van der Waals surface area contributed by atoms with E-state index >= 15 is 0 Å². The zero-order chi connectivity index (χ0) is 9.26. The van der Waals surface area contributed by atoms with Crippen LogP contribution in [0.1, 0.15) is 10.4 Å². The Hall–Kier alpha value is -1.84. The molecule has 0 spiro atoms. The minimum atomic E-state index is -0.110. The molecule has 2 aromatic rings. The lowest BCUT2D eigenvalue weighted by atomic mass is 10.3. The van der Waals surface area contributed by atoms with Gasteiger partial charge in [-0.2, -0.15) is 0 Å². The Balaban J connectivity index is 2.64. The third-order valence-corrected chi connectivity index (χ3v) is 1.89. The van der Waals surface area contributed by atoms with Gasteiger partial charge in [0.25, 0.3) is 5.91 Å². The highest BCUT2D eigenvalue weighted by atomic mass is 16.1. The molecule has 1 N–H and O–H groups in total. The lowest BCUT2D eigenvalue weighted by Crippen LogP contribution is -2.17. The van der Waals surface area contributed by atoms with E-state index in [2.05, 4.69) is 10.3 Å². The zero-order valence-electron chi connectivity index (χ0n) is 7.19. The zero-order valence-corrected chi connectivity index (χ0v) is 7.19. The van der Waals surface area contributed by atoms with Crippen molar-refractivity contribution in [2.45, 2.75) is 0 Å². The third kappa shape index (κ3) is 1.16. The van der Waals surface area contributed by atoms with Gasteiger partial charge in [0.15, 0.2) is 0 Å². The number of nitrogens with one attached hydrogen (secondary N) is 1. The van der Waals surface area contributed by atoms with Gasteiger partial charge < -0.3 is 9.72 Å². The van der Waals surface area contributed by atoms with Gasteiger partial charge in [0.2, 0.25) is 0 Å². The van der Waals surface area contributed by atoms with Crippen LogP contribution in [0.5, 0.6) is 0 Å². The van der Waals surface area contributed by atoms with Crippen LogP contribution < -0.4 is 5.32 Å². The maximum Gasteiger partial charge on any atom is 0.254 e. The standard InChI is InChI=1S/C9H9N3O/c1-10-9(13)7-3-6-12-5-2-4-11-8(7)12/h2-6H,1H3,(H,10,13). The molecule has 0 atom stereocenters. The van der Waals surface area contributed by atoms with Crippen LogP contribution in [0.2, 0.25) is 0 Å². The molecule has 2 heterocycles. The highest BCUT2D eigenvalue weighted by molar-refractivity contribution is 5.99. The summed E-state index contributed by atoms with van der Waals surface area (Å²) in [6, 6.07) is 3.57. The minimum Gasteiger partial charge on any atom is -0.355 e. The van der Waals surface area contributed by atoms with E-state index in [0.29, 0.717) is 11.2 Å². The Bertz CT molecular complexity index is 447. The molecule has 66 valence electrons. The number of aromatic nitrogens is 2. The molecule has 0 bridgehead atoms. The first-order chi connectivity index (χ1) is 6.33. The molecule has 0 aromatic carbocycles. The molecule has 13 heavy (non-hydrogen) atoms. The van der Waals surface area contributed by atoms with Crippen LogP contribution in [0.3, 0.4) is 0 Å². The second-order valence-corrected chi connectivity index (χ2v) is 2.66. The van der Waals surface area contributed by atoms with Gasteiger partial charge in [-0.25, -0.2) is 4.98 Å². The Morgan fingerprint density at radius 3 is 3.15 bits per heavy atom. The fourth-order valence-corrected chi connectivity index (χ4v) is 1.25. The molecule has 0 radical (unpaired) electrons. The first-order valence-electron chi connectivity index (χ1n) is 3.96. The molecule has 0 aliphatic carbocycles. The number of hydrogen-bond donors (Lipinski definition) is 1. The molecule has 0 unspecified atom stereocenters. The first kappa shape index (κ1) is 7.79. The van der Waals surface area contributed by atoms with Crippen molar-refractivity contribution in [2.24, 2.45) is 0 Å². The summed E-state index contributed by atoms with van der Waals surface area (Å²) in [5.74, 6) is -0.110. The minimum absolute atomic E-state index is 0.110. The van der Waals surface area contributed by atoms with Gasteiger partial charge in [-0.15, -0.1) is 0 Å². The molecule has 2 rings (SSSR count). The van der Waals surface area contributed by atoms with Crippen molar-refractivity contribution in [3.05, 3.63) is 36.3 Å². The topological polar surface area (TPSA) is 46.4 Å². The molecular formula is C9H9N3O. The second-order valence-electron chi connectivity index (χ2n) is 2.66. The van der Waals surface area contributed by atoms with Gasteiger partial charge in [-0.05, 0) is 12.1 Å². The molecule has 0 fully saturated rings. The molecule has 0 aliphatic heterocycles. The fraction of sp³-hybridized carbons (Fsp3) is 0.111. The fourth-order valence-electron chi connectivity index (χ4n) is 1.25. The summed E-state index contributed by atoms with van der Waals surface area (Å²) in [6.45, 7) is 0. The van der Waals surface area contributed by atoms with Crippen LogP contribution >= 0.6 is 0 Å². The van der Waals surface area contributed by atoms with Crippen LogP contribution in [-0.2, 0) is 0 Å². The van der Waals surface area contributed by atoms with Gasteiger partial charge in [0.1, 0.15) is 5.65 Å². The van der Waals surface area contributed by atoms with Crippen molar-refractivity contribution in [2.75, 3.05) is 7.05 Å². The normalized spacial score (nSPS) is 10.2. The van der Waals surface area contributed by atoms with Gasteiger partial charge in [-0.3, -0.25) is 4.79 Å². The third-order valence-electron chi connectivity index (χ3n) is 1.89. The van der Waals surface area contributed by atoms with E-state index < -0.39 is 0 Å². The number of carbonyl (C=O) groups is 1. The molecule has 4 heteroatoms. The summed E-state index contributed by atoms with van der Waals surface area (Å²) < 4.78 is 1.81. The number of amides is 1. The Morgan fingerprint density at radius 1 is 1.54 bits per heavy atom. The van der Waals surface area contributed by atoms with Crippen molar-refractivity contribution >= 4 is 11.6 Å². The van der Waals surface area contributed by atoms with Gasteiger partial charge >= 0.3 is 0 Å². The van der Waals surface area contributed by atoms with E-state index in [1.165, 1.54) is 0 Å². The van der Waals surface area contributed by atoms with Crippen molar-refractivity contribution < 1.29 is 4.79 Å². The average molecular weight is 175 g/mol. The Morgan fingerprint density at radius 2 is 2.38 bits per heavy atom. The molecule has 0 aliphatic rings. The maximum atomic E-state index is 11.3. The van der Waals surface area contributed by atoms with Gasteiger partial charge in [-0.1, -0.05) is 0 Å². The van der Waals surface area contributed by atoms with Crippen LogP contribution in [0, 0.1) is 0 Å². The number of carbonyl (C=O) groups excluding carboxylic acids is 1. The first-order valence-corrected chi connectivity index (χ1v) is 3.96. The lowest BCUT2D eigenvalue weighted by Gasteiger charge is -1.96. The largest absolute Gasteiger partial charge is 0.355 e. The molecular weight excluding hydrogens is 166 g/mol. The monoisotopic (exact) mass is 175 g/mol. The number of nitrogens with zero attached hydrogens (tertiary/aromatic N) is 2. The SMILES string of the molecule is CNC(=O)c1ccn2cccnc12. The summed E-state index contributed by atoms with van der Waals surface area (Å²) in [5, 5.41) is 2.57. The van der Waals surface area contributed by atoms with E-state index in [9.17, 15) is 4.79 Å². The van der Waals surface area contributed by atoms with Crippen LogP contribution in [0.15, 0.2) is 30.7 Å². The van der Waals surface area contributed by atoms with E-state index in [-0.39, 0.29) is 5.91 Å². The smallest absolute Gasteiger partial charge is 0.254 e. The number of hydrogen-bond acceptors (Lipinski definition) is 2. The summed E-state index contributed by atoms with van der Waals surface area (Å²) in [5.41, 5.74) is 1.28. The average Bonchev–Trinajstić information content (AvgIpc) is 2.60. The molecule has 0 saturated heterocycles. The summed E-state index contributed by atoms with van der Waals surface area (Å²) in [7, 11) is 1.61. The molecule has 1 amide bonds. The van der Waals surface area contributed by atoms with Gasteiger partial charge in [0.05, 0.1) is 5.56 Å². The number of rotatable bonds is 1. The lowest BCUT2D eigenvalue weighted by molar-refractivity contribution is 0.0964. The Kier molecular flexibility index (Phi) is 1.73. The summed E-state index contributed by atoms with van der Waals surface area (Å²) >= 11 is 0. The predicted molar refractivity (Wildman–Crippen MR) is 48.6 cm³/mol. The number of fused-ring (bicyclic) bond motifs is 1. The van der Waals surface area contributed by atoms with Crippen molar-refractivity contribution in [3.8, 4) is 0 Å². The van der Waals surface area contributed by atoms with Crippen LogP contribution in [0.4, 0.5) is 0 Å². The van der Waals surface area contributed by atoms with Crippen molar-refractivity contribution in [1.82, 2.24) is 14.7 Å². The van der Waals surface area contributed by atoms with E-state index in [1.54, 1.807) is 19.3 Å². The summed E-state index contributed by atoms with van der Waals surface area (Å²) in [6.07, 6.45) is 5.34. The predicted octanol–water partition coefficient (Wildman–Crippen LogP) is 0.694. The van der Waals surface area contributed by atoms with Crippen LogP contribution in [-0.4, -0.2) is 22.3 Å². The molecule has 4 nitrogen and oxygen atoms in total. The van der Waals surface area contributed by atoms with Gasteiger partial charge in [0, 0.05) is 25.6 Å². The quantitative estimate of drug-likeness (QED) is 0.693. The van der Waals surface area contributed by atoms with Crippen molar-refractivity contribution in [3.63, 3.8) is 0 Å². The summed E-state index contributed by atoms with van der Waals surface area (Å²) in [4.78, 5) is 15.4. The van der Waals surface area contributed by atoms with E-state index in [1.807, 2.05) is 22.9 Å². The molecule has 2 aromatic heterocycles. The second kappa shape index (κ2) is 2.90. The van der Waals surface area contributed by atoms with E-state index in [0.717, 1.165) is 0 Å². The van der Waals surface area contributed by atoms with Crippen LogP contribution in [0.25, 0.3) is 5.65 Å². The molecule has 0 saturated carbocycles. The maximum absolute atomic E-state index is 11.3.